The number of nitrogens with one attached hydrogen (secondary N) is 4. The molecule has 0 radical (unpaired) electrons. The predicted molar refractivity (Wildman–Crippen MR) is 152 cm³/mol. The highest BCUT2D eigenvalue weighted by atomic mass is 19.1. The van der Waals surface area contributed by atoms with Gasteiger partial charge in [0.2, 0.25) is 5.91 Å². The van der Waals surface area contributed by atoms with Crippen molar-refractivity contribution in [1.29, 1.82) is 5.41 Å². The molecule has 3 aromatic rings. The molecule has 1 heterocycles. The van der Waals surface area contributed by atoms with Crippen LogP contribution < -0.4 is 16.0 Å². The van der Waals surface area contributed by atoms with Gasteiger partial charge in [-0.2, -0.15) is 0 Å². The fraction of sp³-hybridized carbons (Fsp3) is 0.290. The number of methoxy groups -OCH3 is 1. The first kappa shape index (κ1) is 30.2. The number of rotatable bonds is 11. The fourth-order valence-corrected chi connectivity index (χ4v) is 5.01. The molecule has 0 spiro atoms. The quantitative estimate of drug-likeness (QED) is 0.276. The number of carbonyl (C=O) groups excluding carboxylic acids is 3. The highest BCUT2D eigenvalue weighted by molar-refractivity contribution is 6.10. The summed E-state index contributed by atoms with van der Waals surface area (Å²) in [5.74, 6) is -1.93. The maximum absolute atomic E-state index is 13.9. The van der Waals surface area contributed by atoms with Crippen molar-refractivity contribution < 1.29 is 27.9 Å². The van der Waals surface area contributed by atoms with Crippen LogP contribution in [0.2, 0.25) is 0 Å². The van der Waals surface area contributed by atoms with Crippen molar-refractivity contribution in [2.45, 2.75) is 43.8 Å². The Morgan fingerprint density at radius 3 is 2.07 bits per heavy atom. The lowest BCUT2D eigenvalue weighted by Gasteiger charge is -2.28. The standard InChI is InChI=1S/C31H33F2N5O4/c1-20(35-27(39)26(36-30(41)42-2)19-21-8-4-3-5-9-21)7-6-18-38-28(40)31(37-29(38)34,22-10-14-24(32)15-11-22)23-12-16-25(33)17-13-23/h3-5,8-17,20,26H,6-7,18-19H2,1-2H3,(H2,34,37)(H,35,39)(H,36,41)/t20?,26-/m0/s1. The summed E-state index contributed by atoms with van der Waals surface area (Å²) >= 11 is 0. The molecular weight excluding hydrogens is 544 g/mol. The van der Waals surface area contributed by atoms with Crippen LogP contribution in [0.15, 0.2) is 78.9 Å². The first-order valence-corrected chi connectivity index (χ1v) is 13.5. The van der Waals surface area contributed by atoms with Gasteiger partial charge in [-0.1, -0.05) is 54.6 Å². The Bertz CT molecular complexity index is 1370. The Balaban J connectivity index is 1.42. The van der Waals surface area contributed by atoms with Crippen molar-refractivity contribution in [2.24, 2.45) is 0 Å². The smallest absolute Gasteiger partial charge is 0.407 e. The van der Waals surface area contributed by atoms with Crippen molar-refractivity contribution in [1.82, 2.24) is 20.9 Å². The summed E-state index contributed by atoms with van der Waals surface area (Å²) in [5.41, 5.74) is 0.167. The number of amides is 3. The maximum atomic E-state index is 13.9. The van der Waals surface area contributed by atoms with Gasteiger partial charge in [-0.15, -0.1) is 0 Å². The third-order valence-electron chi connectivity index (χ3n) is 7.18. The summed E-state index contributed by atoms with van der Waals surface area (Å²) in [4.78, 5) is 40.1. The zero-order valence-electron chi connectivity index (χ0n) is 23.3. The molecule has 9 nitrogen and oxygen atoms in total. The van der Waals surface area contributed by atoms with E-state index < -0.39 is 35.2 Å². The molecule has 4 rings (SSSR count). The molecule has 42 heavy (non-hydrogen) atoms. The normalized spacial score (nSPS) is 15.5. The van der Waals surface area contributed by atoms with Crippen LogP contribution in [-0.2, 0) is 26.3 Å². The monoisotopic (exact) mass is 577 g/mol. The number of ether oxygens (including phenoxy) is 1. The van der Waals surface area contributed by atoms with E-state index in [0.29, 0.717) is 24.0 Å². The lowest BCUT2D eigenvalue weighted by Crippen LogP contribution is -2.50. The number of hydrogen-bond acceptors (Lipinski definition) is 5. The van der Waals surface area contributed by atoms with Gasteiger partial charge >= 0.3 is 6.09 Å². The van der Waals surface area contributed by atoms with E-state index in [9.17, 15) is 23.2 Å². The van der Waals surface area contributed by atoms with E-state index >= 15 is 0 Å². The van der Waals surface area contributed by atoms with Crippen LogP contribution in [0.4, 0.5) is 13.6 Å². The molecule has 0 saturated carbocycles. The van der Waals surface area contributed by atoms with Crippen LogP contribution in [0.5, 0.6) is 0 Å². The Hall–Kier alpha value is -4.80. The molecule has 0 aromatic heterocycles. The third-order valence-corrected chi connectivity index (χ3v) is 7.18. The van der Waals surface area contributed by atoms with Gasteiger partial charge in [0.15, 0.2) is 11.5 Å². The van der Waals surface area contributed by atoms with Gasteiger partial charge in [-0.05, 0) is 60.7 Å². The summed E-state index contributed by atoms with van der Waals surface area (Å²) in [6.07, 6.45) is 0.463. The van der Waals surface area contributed by atoms with Crippen LogP contribution in [0, 0.1) is 17.0 Å². The lowest BCUT2D eigenvalue weighted by atomic mass is 9.82. The molecular formula is C31H33F2N5O4. The van der Waals surface area contributed by atoms with Crippen molar-refractivity contribution in [3.8, 4) is 0 Å². The molecule has 220 valence electrons. The third kappa shape index (κ3) is 6.73. The summed E-state index contributed by atoms with van der Waals surface area (Å²) in [7, 11) is 1.22. The minimum atomic E-state index is -1.53. The highest BCUT2D eigenvalue weighted by Crippen LogP contribution is 2.36. The van der Waals surface area contributed by atoms with Gasteiger partial charge in [0, 0.05) is 19.0 Å². The number of alkyl carbamates (subject to hydrolysis) is 1. The average Bonchev–Trinajstić information content (AvgIpc) is 3.23. The van der Waals surface area contributed by atoms with Crippen LogP contribution in [0.25, 0.3) is 0 Å². The van der Waals surface area contributed by atoms with E-state index in [2.05, 4.69) is 20.7 Å². The SMILES string of the molecule is COC(=O)N[C@@H](Cc1ccccc1)C(=O)NC(C)CCCN1C(=N)NC(c2ccc(F)cc2)(c2ccc(F)cc2)C1=O. The summed E-state index contributed by atoms with van der Waals surface area (Å²) in [5, 5.41) is 17.0. The Kier molecular flexibility index (Phi) is 9.51. The van der Waals surface area contributed by atoms with Crippen molar-refractivity contribution in [2.75, 3.05) is 13.7 Å². The number of nitrogens with zero attached hydrogens (tertiary/aromatic N) is 1. The van der Waals surface area contributed by atoms with Crippen LogP contribution >= 0.6 is 0 Å². The molecule has 1 saturated heterocycles. The number of halogens is 2. The van der Waals surface area contributed by atoms with Crippen molar-refractivity contribution >= 4 is 23.9 Å². The Labute approximate surface area is 242 Å². The van der Waals surface area contributed by atoms with Gasteiger partial charge in [-0.25, -0.2) is 13.6 Å². The first-order valence-electron chi connectivity index (χ1n) is 13.5. The van der Waals surface area contributed by atoms with Gasteiger partial charge in [0.1, 0.15) is 17.7 Å². The molecule has 1 aliphatic heterocycles. The van der Waals surface area contributed by atoms with Gasteiger partial charge in [-0.3, -0.25) is 19.9 Å². The average molecular weight is 578 g/mol. The van der Waals surface area contributed by atoms with Crippen LogP contribution in [0.3, 0.4) is 0 Å². The molecule has 1 fully saturated rings. The predicted octanol–water partition coefficient (Wildman–Crippen LogP) is 3.83. The second-order valence-corrected chi connectivity index (χ2v) is 10.1. The number of benzene rings is 3. The number of hydrogen-bond donors (Lipinski definition) is 4. The number of guanidine groups is 1. The van der Waals surface area contributed by atoms with E-state index in [4.69, 9.17) is 5.41 Å². The molecule has 4 N–H and O–H groups in total. The van der Waals surface area contributed by atoms with Crippen molar-refractivity contribution in [3.63, 3.8) is 0 Å². The highest BCUT2D eigenvalue weighted by Gasteiger charge is 2.52. The number of carbonyl (C=O) groups is 3. The largest absolute Gasteiger partial charge is 0.453 e. The molecule has 2 atom stereocenters. The van der Waals surface area contributed by atoms with E-state index in [-0.39, 0.29) is 30.9 Å². The molecule has 3 aromatic carbocycles. The van der Waals surface area contributed by atoms with E-state index in [1.54, 1.807) is 0 Å². The fourth-order valence-electron chi connectivity index (χ4n) is 5.01. The van der Waals surface area contributed by atoms with Gasteiger partial charge in [0.25, 0.3) is 5.91 Å². The van der Waals surface area contributed by atoms with E-state index in [1.807, 2.05) is 37.3 Å². The van der Waals surface area contributed by atoms with Crippen LogP contribution in [-0.4, -0.2) is 54.5 Å². The second kappa shape index (κ2) is 13.2. The molecule has 1 unspecified atom stereocenters. The topological polar surface area (TPSA) is 124 Å². The zero-order chi connectivity index (χ0) is 30.3. The zero-order valence-corrected chi connectivity index (χ0v) is 23.3. The van der Waals surface area contributed by atoms with E-state index in [0.717, 1.165) is 5.56 Å². The van der Waals surface area contributed by atoms with Gasteiger partial charge in [0.05, 0.1) is 7.11 Å². The molecule has 1 aliphatic rings. The maximum Gasteiger partial charge on any atom is 0.407 e. The second-order valence-electron chi connectivity index (χ2n) is 10.1. The summed E-state index contributed by atoms with van der Waals surface area (Å²) in [6, 6.07) is 18.9. The lowest BCUT2D eigenvalue weighted by molar-refractivity contribution is -0.130. The minimum absolute atomic E-state index is 0.143. The molecule has 0 aliphatic carbocycles. The Morgan fingerprint density at radius 2 is 1.52 bits per heavy atom. The Morgan fingerprint density at radius 1 is 0.952 bits per heavy atom. The van der Waals surface area contributed by atoms with Gasteiger partial charge < -0.3 is 20.7 Å². The molecule has 11 heteroatoms. The minimum Gasteiger partial charge on any atom is -0.453 e. The summed E-state index contributed by atoms with van der Waals surface area (Å²) in [6.45, 7) is 1.98. The van der Waals surface area contributed by atoms with E-state index in [1.165, 1.54) is 60.5 Å². The molecule has 3 amide bonds. The van der Waals surface area contributed by atoms with Crippen LogP contribution in [0.1, 0.15) is 36.5 Å². The molecule has 0 bridgehead atoms. The summed E-state index contributed by atoms with van der Waals surface area (Å²) < 4.78 is 32.1. The first-order chi connectivity index (χ1) is 20.1. The van der Waals surface area contributed by atoms with Crippen molar-refractivity contribution in [3.05, 3.63) is 107 Å².